The number of esters is 1. The average molecular weight is 412 g/mol. The van der Waals surface area contributed by atoms with E-state index in [0.717, 1.165) is 10.8 Å². The van der Waals surface area contributed by atoms with Crippen molar-refractivity contribution in [2.24, 2.45) is 0 Å². The largest absolute Gasteiger partial charge is 0.480 e. The lowest BCUT2D eigenvalue weighted by molar-refractivity contribution is -0.122. The van der Waals surface area contributed by atoms with Crippen molar-refractivity contribution < 1.29 is 19.1 Å². The van der Waals surface area contributed by atoms with Crippen LogP contribution in [-0.4, -0.2) is 24.6 Å². The van der Waals surface area contributed by atoms with E-state index in [9.17, 15) is 9.59 Å². The van der Waals surface area contributed by atoms with E-state index in [1.165, 1.54) is 12.1 Å². The molecule has 150 valence electrons. The first-order valence-electron chi connectivity index (χ1n) is 9.45. The molecule has 29 heavy (non-hydrogen) atoms. The zero-order valence-corrected chi connectivity index (χ0v) is 17.0. The Kier molecular flexibility index (Phi) is 6.73. The van der Waals surface area contributed by atoms with Crippen molar-refractivity contribution in [3.05, 3.63) is 71.2 Å². The van der Waals surface area contributed by atoms with E-state index in [2.05, 4.69) is 5.32 Å². The van der Waals surface area contributed by atoms with Crippen molar-refractivity contribution in [1.29, 1.82) is 0 Å². The SMILES string of the molecule is CCOC(=O)c1ccc(NC(=O)C(CC)Oc2cccc3ccccc23)cc1Cl. The second-order valence-electron chi connectivity index (χ2n) is 6.40. The second kappa shape index (κ2) is 9.43. The van der Waals surface area contributed by atoms with Gasteiger partial charge in [-0.2, -0.15) is 0 Å². The predicted octanol–water partition coefficient (Wildman–Crippen LogP) is 5.47. The van der Waals surface area contributed by atoms with Crippen molar-refractivity contribution in [3.63, 3.8) is 0 Å². The minimum absolute atomic E-state index is 0.212. The summed E-state index contributed by atoms with van der Waals surface area (Å²) < 4.78 is 11.0. The van der Waals surface area contributed by atoms with Gasteiger partial charge in [-0.3, -0.25) is 4.79 Å². The molecule has 0 heterocycles. The molecule has 3 aromatic rings. The molecule has 1 atom stereocenters. The van der Waals surface area contributed by atoms with E-state index < -0.39 is 12.1 Å². The van der Waals surface area contributed by atoms with Crippen molar-refractivity contribution in [1.82, 2.24) is 0 Å². The van der Waals surface area contributed by atoms with Crippen LogP contribution in [0.3, 0.4) is 0 Å². The Hall–Kier alpha value is -3.05. The molecule has 1 unspecified atom stereocenters. The molecule has 0 aliphatic rings. The summed E-state index contributed by atoms with van der Waals surface area (Å²) in [5.74, 6) is -0.137. The van der Waals surface area contributed by atoms with E-state index in [4.69, 9.17) is 21.1 Å². The number of carbonyl (C=O) groups is 2. The average Bonchev–Trinajstić information content (AvgIpc) is 2.72. The zero-order valence-electron chi connectivity index (χ0n) is 16.3. The highest BCUT2D eigenvalue weighted by atomic mass is 35.5. The van der Waals surface area contributed by atoms with Crippen LogP contribution in [0, 0.1) is 0 Å². The number of hydrogen-bond acceptors (Lipinski definition) is 4. The Balaban J connectivity index is 1.75. The molecule has 3 aromatic carbocycles. The Bertz CT molecular complexity index is 1030. The summed E-state index contributed by atoms with van der Waals surface area (Å²) in [5, 5.41) is 5.00. The van der Waals surface area contributed by atoms with E-state index in [0.29, 0.717) is 17.9 Å². The van der Waals surface area contributed by atoms with Crippen LogP contribution in [0.25, 0.3) is 10.8 Å². The van der Waals surface area contributed by atoms with E-state index >= 15 is 0 Å². The van der Waals surface area contributed by atoms with Gasteiger partial charge in [0.1, 0.15) is 5.75 Å². The van der Waals surface area contributed by atoms with Crippen LogP contribution in [0.5, 0.6) is 5.75 Å². The summed E-state index contributed by atoms with van der Waals surface area (Å²) in [4.78, 5) is 24.6. The van der Waals surface area contributed by atoms with Crippen molar-refractivity contribution in [2.45, 2.75) is 26.4 Å². The molecule has 0 aromatic heterocycles. The molecule has 0 spiro atoms. The molecular weight excluding hydrogens is 390 g/mol. The number of rotatable bonds is 7. The van der Waals surface area contributed by atoms with E-state index in [1.54, 1.807) is 13.0 Å². The van der Waals surface area contributed by atoms with Gasteiger partial charge >= 0.3 is 5.97 Å². The molecule has 0 fully saturated rings. The third-order valence-corrected chi connectivity index (χ3v) is 4.73. The molecule has 5 nitrogen and oxygen atoms in total. The van der Waals surface area contributed by atoms with Crippen LogP contribution in [0.15, 0.2) is 60.7 Å². The lowest BCUT2D eigenvalue weighted by atomic mass is 10.1. The van der Waals surface area contributed by atoms with Crippen LogP contribution in [0.1, 0.15) is 30.6 Å². The number of hydrogen-bond donors (Lipinski definition) is 1. The first kappa shape index (κ1) is 20.7. The maximum absolute atomic E-state index is 12.7. The maximum atomic E-state index is 12.7. The molecule has 1 amide bonds. The van der Waals surface area contributed by atoms with E-state index in [1.807, 2.05) is 49.4 Å². The first-order valence-corrected chi connectivity index (χ1v) is 9.83. The van der Waals surface area contributed by atoms with Gasteiger partial charge in [-0.15, -0.1) is 0 Å². The molecule has 0 saturated carbocycles. The fraction of sp³-hybridized carbons (Fsp3) is 0.217. The first-order chi connectivity index (χ1) is 14.0. The van der Waals surface area contributed by atoms with Crippen molar-refractivity contribution in [3.8, 4) is 5.75 Å². The Labute approximate surface area is 174 Å². The highest BCUT2D eigenvalue weighted by Gasteiger charge is 2.20. The molecule has 0 saturated heterocycles. The number of carbonyl (C=O) groups excluding carboxylic acids is 2. The fourth-order valence-corrected chi connectivity index (χ4v) is 3.22. The zero-order chi connectivity index (χ0) is 20.8. The summed E-state index contributed by atoms with van der Waals surface area (Å²) in [6, 6.07) is 18.3. The van der Waals surface area contributed by atoms with Gasteiger partial charge in [-0.25, -0.2) is 4.79 Å². The molecule has 0 aliphatic carbocycles. The standard InChI is InChI=1S/C23H22ClNO4/c1-3-20(29-21-11-7-9-15-8-5-6-10-17(15)21)22(26)25-16-12-13-18(19(24)14-16)23(27)28-4-2/h5-14,20H,3-4H2,1-2H3,(H,25,26). The minimum Gasteiger partial charge on any atom is -0.480 e. The molecular formula is C23H22ClNO4. The monoisotopic (exact) mass is 411 g/mol. The summed E-state index contributed by atoms with van der Waals surface area (Å²) in [6.45, 7) is 3.87. The lowest BCUT2D eigenvalue weighted by Gasteiger charge is -2.19. The number of halogens is 1. The van der Waals surface area contributed by atoms with Gasteiger partial charge in [0.2, 0.25) is 0 Å². The van der Waals surface area contributed by atoms with E-state index in [-0.39, 0.29) is 23.1 Å². The number of anilines is 1. The summed E-state index contributed by atoms with van der Waals surface area (Å²) in [7, 11) is 0. The van der Waals surface area contributed by atoms with Crippen LogP contribution in [-0.2, 0) is 9.53 Å². The quantitative estimate of drug-likeness (QED) is 0.524. The third-order valence-electron chi connectivity index (χ3n) is 4.41. The van der Waals surface area contributed by atoms with Crippen molar-refractivity contribution >= 4 is 39.9 Å². The van der Waals surface area contributed by atoms with Gasteiger partial charge in [0.25, 0.3) is 5.91 Å². The lowest BCUT2D eigenvalue weighted by Crippen LogP contribution is -2.32. The van der Waals surface area contributed by atoms with Gasteiger partial charge in [0, 0.05) is 11.1 Å². The van der Waals surface area contributed by atoms with Gasteiger partial charge in [-0.1, -0.05) is 54.9 Å². The Morgan fingerprint density at radius 3 is 2.52 bits per heavy atom. The Morgan fingerprint density at radius 2 is 1.79 bits per heavy atom. The highest BCUT2D eigenvalue weighted by Crippen LogP contribution is 2.27. The molecule has 3 rings (SSSR count). The van der Waals surface area contributed by atoms with Gasteiger partial charge in [0.15, 0.2) is 6.10 Å². The van der Waals surface area contributed by atoms with Crippen LogP contribution in [0.2, 0.25) is 5.02 Å². The van der Waals surface area contributed by atoms with Crippen LogP contribution in [0.4, 0.5) is 5.69 Å². The number of nitrogens with one attached hydrogen (secondary N) is 1. The number of benzene rings is 3. The number of fused-ring (bicyclic) bond motifs is 1. The highest BCUT2D eigenvalue weighted by molar-refractivity contribution is 6.34. The topological polar surface area (TPSA) is 64.6 Å². The van der Waals surface area contributed by atoms with Gasteiger partial charge in [-0.05, 0) is 43.0 Å². The summed E-state index contributed by atoms with van der Waals surface area (Å²) in [6.07, 6.45) is -0.187. The maximum Gasteiger partial charge on any atom is 0.339 e. The smallest absolute Gasteiger partial charge is 0.339 e. The fourth-order valence-electron chi connectivity index (χ4n) is 2.96. The Morgan fingerprint density at radius 1 is 1.03 bits per heavy atom. The summed E-state index contributed by atoms with van der Waals surface area (Å²) in [5.41, 5.74) is 0.735. The van der Waals surface area contributed by atoms with Crippen LogP contribution >= 0.6 is 11.6 Å². The van der Waals surface area contributed by atoms with Gasteiger partial charge < -0.3 is 14.8 Å². The molecule has 0 radical (unpaired) electrons. The molecule has 1 N–H and O–H groups in total. The second-order valence-corrected chi connectivity index (χ2v) is 6.80. The third kappa shape index (κ3) is 4.87. The number of amides is 1. The normalized spacial score (nSPS) is 11.7. The molecule has 6 heteroatoms. The van der Waals surface area contributed by atoms with Crippen LogP contribution < -0.4 is 10.1 Å². The predicted molar refractivity (Wildman–Crippen MR) is 115 cm³/mol. The summed E-state index contributed by atoms with van der Waals surface area (Å²) >= 11 is 6.17. The van der Waals surface area contributed by atoms with Crippen molar-refractivity contribution in [2.75, 3.05) is 11.9 Å². The molecule has 0 aliphatic heterocycles. The molecule has 0 bridgehead atoms. The number of ether oxygens (including phenoxy) is 2. The van der Waals surface area contributed by atoms with Gasteiger partial charge in [0.05, 0.1) is 17.2 Å². The minimum atomic E-state index is -0.677.